The van der Waals surface area contributed by atoms with E-state index in [4.69, 9.17) is 4.74 Å². The molecule has 1 atom stereocenters. The number of benzene rings is 1. The molecule has 3 aliphatic rings. The van der Waals surface area contributed by atoms with Crippen LogP contribution < -0.4 is 5.32 Å². The minimum absolute atomic E-state index is 0.0407. The smallest absolute Gasteiger partial charge is 0.317 e. The van der Waals surface area contributed by atoms with Crippen LogP contribution in [0.4, 0.5) is 4.79 Å². The van der Waals surface area contributed by atoms with Crippen LogP contribution in [0.3, 0.4) is 0 Å². The van der Waals surface area contributed by atoms with E-state index in [9.17, 15) is 9.59 Å². The minimum Gasteiger partial charge on any atom is -0.378 e. The molecule has 0 aliphatic carbocycles. The molecule has 3 aliphatic heterocycles. The Morgan fingerprint density at radius 3 is 2.50 bits per heavy atom. The van der Waals surface area contributed by atoms with Crippen molar-refractivity contribution < 1.29 is 14.3 Å². The third kappa shape index (κ3) is 4.62. The van der Waals surface area contributed by atoms with E-state index < -0.39 is 0 Å². The standard InChI is InChI=1S/C23H34N4O3/c1-2-24-23(29)26-10-8-19(9-11-26)27-12-7-18-5-3-4-6-20(18)21(27)17-22(28)25-13-15-30-16-14-25/h3-6,19,21H,2,7-17H2,1H3,(H,24,29). The van der Waals surface area contributed by atoms with Gasteiger partial charge < -0.3 is 19.9 Å². The Morgan fingerprint density at radius 1 is 1.03 bits per heavy atom. The number of rotatable bonds is 4. The molecule has 1 unspecified atom stereocenters. The molecular formula is C23H34N4O3. The van der Waals surface area contributed by atoms with Crippen LogP contribution in [-0.4, -0.2) is 85.2 Å². The van der Waals surface area contributed by atoms with Gasteiger partial charge in [0.1, 0.15) is 0 Å². The van der Waals surface area contributed by atoms with Gasteiger partial charge in [-0.3, -0.25) is 9.69 Å². The highest BCUT2D eigenvalue weighted by molar-refractivity contribution is 5.77. The lowest BCUT2D eigenvalue weighted by molar-refractivity contribution is -0.137. The number of hydrogen-bond donors (Lipinski definition) is 1. The number of carbonyl (C=O) groups is 2. The molecule has 3 amide bonds. The van der Waals surface area contributed by atoms with Gasteiger partial charge >= 0.3 is 6.03 Å². The van der Waals surface area contributed by atoms with Gasteiger partial charge in [0.2, 0.25) is 5.91 Å². The Kier molecular flexibility index (Phi) is 6.89. The number of fused-ring (bicyclic) bond motifs is 1. The lowest BCUT2D eigenvalue weighted by Gasteiger charge is -2.45. The molecule has 7 nitrogen and oxygen atoms in total. The number of urea groups is 1. The van der Waals surface area contributed by atoms with E-state index in [-0.39, 0.29) is 18.0 Å². The molecule has 1 N–H and O–H groups in total. The summed E-state index contributed by atoms with van der Waals surface area (Å²) < 4.78 is 5.42. The third-order valence-electron chi connectivity index (χ3n) is 6.73. The van der Waals surface area contributed by atoms with E-state index >= 15 is 0 Å². The fraction of sp³-hybridized carbons (Fsp3) is 0.652. The van der Waals surface area contributed by atoms with Crippen LogP contribution in [0.2, 0.25) is 0 Å². The second-order valence-electron chi connectivity index (χ2n) is 8.45. The second-order valence-corrected chi connectivity index (χ2v) is 8.45. The summed E-state index contributed by atoms with van der Waals surface area (Å²) in [6.45, 7) is 7.79. The van der Waals surface area contributed by atoms with E-state index in [0.717, 1.165) is 38.9 Å². The summed E-state index contributed by atoms with van der Waals surface area (Å²) in [4.78, 5) is 31.7. The quantitative estimate of drug-likeness (QED) is 0.819. The fourth-order valence-electron chi connectivity index (χ4n) is 5.11. The maximum Gasteiger partial charge on any atom is 0.317 e. The number of piperidine rings is 1. The monoisotopic (exact) mass is 414 g/mol. The Hall–Kier alpha value is -2.12. The molecule has 3 heterocycles. The summed E-state index contributed by atoms with van der Waals surface area (Å²) in [5.41, 5.74) is 2.67. The number of nitrogens with one attached hydrogen (secondary N) is 1. The van der Waals surface area contributed by atoms with Crippen molar-refractivity contribution in [2.24, 2.45) is 0 Å². The van der Waals surface area contributed by atoms with Crippen LogP contribution in [0, 0.1) is 0 Å². The summed E-state index contributed by atoms with van der Waals surface area (Å²) >= 11 is 0. The number of ether oxygens (including phenoxy) is 1. The van der Waals surface area contributed by atoms with Crippen molar-refractivity contribution in [3.63, 3.8) is 0 Å². The predicted octanol–water partition coefficient (Wildman–Crippen LogP) is 2.03. The molecule has 1 aromatic carbocycles. The van der Waals surface area contributed by atoms with Crippen molar-refractivity contribution in [2.45, 2.75) is 44.7 Å². The molecule has 0 spiro atoms. The van der Waals surface area contributed by atoms with E-state index in [1.54, 1.807) is 0 Å². The highest BCUT2D eigenvalue weighted by Gasteiger charge is 2.36. The van der Waals surface area contributed by atoms with E-state index in [2.05, 4.69) is 34.5 Å². The topological polar surface area (TPSA) is 65.1 Å². The first-order valence-corrected chi connectivity index (χ1v) is 11.4. The number of carbonyl (C=O) groups excluding carboxylic acids is 2. The number of likely N-dealkylation sites (tertiary alicyclic amines) is 1. The average Bonchev–Trinajstić information content (AvgIpc) is 2.80. The van der Waals surface area contributed by atoms with Crippen molar-refractivity contribution in [2.75, 3.05) is 52.5 Å². The summed E-state index contributed by atoms with van der Waals surface area (Å²) in [5, 5.41) is 2.91. The maximum absolute atomic E-state index is 13.1. The number of hydrogen-bond acceptors (Lipinski definition) is 4. The molecule has 4 rings (SSSR count). The fourth-order valence-corrected chi connectivity index (χ4v) is 5.11. The van der Waals surface area contributed by atoms with Gasteiger partial charge in [-0.25, -0.2) is 4.79 Å². The van der Waals surface area contributed by atoms with Gasteiger partial charge in [-0.15, -0.1) is 0 Å². The highest BCUT2D eigenvalue weighted by Crippen LogP contribution is 2.36. The molecule has 0 radical (unpaired) electrons. The first-order chi connectivity index (χ1) is 14.7. The number of nitrogens with zero attached hydrogens (tertiary/aromatic N) is 3. The first-order valence-electron chi connectivity index (χ1n) is 11.4. The summed E-state index contributed by atoms with van der Waals surface area (Å²) in [6.07, 6.45) is 3.46. The molecule has 0 saturated carbocycles. The lowest BCUT2D eigenvalue weighted by atomic mass is 9.87. The van der Waals surface area contributed by atoms with Crippen LogP contribution in [-0.2, 0) is 16.0 Å². The van der Waals surface area contributed by atoms with Gasteiger partial charge in [0.15, 0.2) is 0 Å². The molecule has 2 saturated heterocycles. The second kappa shape index (κ2) is 9.79. The molecule has 1 aromatic rings. The van der Waals surface area contributed by atoms with Crippen LogP contribution in [0.15, 0.2) is 24.3 Å². The molecule has 0 bridgehead atoms. The number of morpholine rings is 1. The lowest BCUT2D eigenvalue weighted by Crippen LogP contribution is -2.52. The van der Waals surface area contributed by atoms with E-state index in [1.165, 1.54) is 11.1 Å². The molecule has 164 valence electrons. The maximum atomic E-state index is 13.1. The first kappa shape index (κ1) is 21.1. The zero-order valence-electron chi connectivity index (χ0n) is 18.0. The van der Waals surface area contributed by atoms with Crippen LogP contribution in [0.1, 0.15) is 43.4 Å². The van der Waals surface area contributed by atoms with Gasteiger partial charge in [-0.1, -0.05) is 24.3 Å². The zero-order chi connectivity index (χ0) is 20.9. The third-order valence-corrected chi connectivity index (χ3v) is 6.73. The van der Waals surface area contributed by atoms with E-state index in [1.807, 2.05) is 16.7 Å². The van der Waals surface area contributed by atoms with Gasteiger partial charge in [0, 0.05) is 57.8 Å². The Bertz CT molecular complexity index is 742. The molecule has 7 heteroatoms. The number of amides is 3. The van der Waals surface area contributed by atoms with Crippen LogP contribution in [0.25, 0.3) is 0 Å². The van der Waals surface area contributed by atoms with Gasteiger partial charge in [-0.2, -0.15) is 0 Å². The van der Waals surface area contributed by atoms with Gasteiger partial charge in [-0.05, 0) is 37.3 Å². The molecule has 30 heavy (non-hydrogen) atoms. The van der Waals surface area contributed by atoms with Crippen molar-refractivity contribution in [3.8, 4) is 0 Å². The SMILES string of the molecule is CCNC(=O)N1CCC(N2CCc3ccccc3C2CC(=O)N2CCOCC2)CC1. The molecular weight excluding hydrogens is 380 g/mol. The van der Waals surface area contributed by atoms with Crippen molar-refractivity contribution in [3.05, 3.63) is 35.4 Å². The van der Waals surface area contributed by atoms with Gasteiger partial charge in [0.05, 0.1) is 13.2 Å². The Morgan fingerprint density at radius 2 is 1.77 bits per heavy atom. The van der Waals surface area contributed by atoms with Crippen LogP contribution >= 0.6 is 0 Å². The largest absolute Gasteiger partial charge is 0.378 e. The normalized spacial score (nSPS) is 23.2. The zero-order valence-corrected chi connectivity index (χ0v) is 18.0. The molecule has 2 fully saturated rings. The predicted molar refractivity (Wildman–Crippen MR) is 115 cm³/mol. The summed E-state index contributed by atoms with van der Waals surface area (Å²) in [5.74, 6) is 0.227. The summed E-state index contributed by atoms with van der Waals surface area (Å²) in [6, 6.07) is 9.16. The van der Waals surface area contributed by atoms with Crippen LogP contribution in [0.5, 0.6) is 0 Å². The van der Waals surface area contributed by atoms with E-state index in [0.29, 0.717) is 45.3 Å². The van der Waals surface area contributed by atoms with Crippen molar-refractivity contribution in [1.29, 1.82) is 0 Å². The van der Waals surface area contributed by atoms with Gasteiger partial charge in [0.25, 0.3) is 0 Å². The molecule has 0 aromatic heterocycles. The average molecular weight is 415 g/mol. The Balaban J connectivity index is 1.47. The van der Waals surface area contributed by atoms with Crippen molar-refractivity contribution in [1.82, 2.24) is 20.0 Å². The summed E-state index contributed by atoms with van der Waals surface area (Å²) in [7, 11) is 0. The Labute approximate surface area is 179 Å². The van der Waals surface area contributed by atoms with Crippen molar-refractivity contribution >= 4 is 11.9 Å². The highest BCUT2D eigenvalue weighted by atomic mass is 16.5. The minimum atomic E-state index is 0.0407.